The fourth-order valence-electron chi connectivity index (χ4n) is 3.87. The molecule has 0 amide bonds. The van der Waals surface area contributed by atoms with E-state index in [1.165, 1.54) is 6.92 Å². The van der Waals surface area contributed by atoms with Gasteiger partial charge in [0.05, 0.1) is 6.42 Å². The summed E-state index contributed by atoms with van der Waals surface area (Å²) in [5, 5.41) is 0. The molecule has 0 radical (unpaired) electrons. The molecule has 1 saturated carbocycles. The van der Waals surface area contributed by atoms with Crippen LogP contribution >= 0.6 is 0 Å². The molecular formula is C19H28O6. The fraction of sp³-hybridized carbons (Fsp3) is 0.737. The summed E-state index contributed by atoms with van der Waals surface area (Å²) in [6.07, 6.45) is 7.42. The molecule has 2 fully saturated rings. The number of hydrogen-bond donors (Lipinski definition) is 0. The number of ketones is 1. The van der Waals surface area contributed by atoms with Crippen molar-refractivity contribution in [2.24, 2.45) is 11.8 Å². The zero-order valence-corrected chi connectivity index (χ0v) is 15.3. The number of carbonyl (C=O) groups is 3. The molecule has 1 saturated heterocycles. The lowest BCUT2D eigenvalue weighted by atomic mass is 9.84. The van der Waals surface area contributed by atoms with E-state index in [4.69, 9.17) is 14.2 Å². The molecule has 1 heterocycles. The van der Waals surface area contributed by atoms with E-state index in [0.29, 0.717) is 19.3 Å². The maximum absolute atomic E-state index is 12.1. The molecule has 0 aromatic heterocycles. The molecule has 0 aromatic rings. The van der Waals surface area contributed by atoms with Gasteiger partial charge in [-0.2, -0.15) is 0 Å². The van der Waals surface area contributed by atoms with Crippen molar-refractivity contribution in [2.45, 2.75) is 64.1 Å². The van der Waals surface area contributed by atoms with Crippen LogP contribution < -0.4 is 0 Å². The van der Waals surface area contributed by atoms with Crippen LogP contribution in [0.4, 0.5) is 0 Å². The van der Waals surface area contributed by atoms with Crippen LogP contribution in [0.15, 0.2) is 12.2 Å². The highest BCUT2D eigenvalue weighted by Gasteiger charge is 2.58. The molecule has 0 spiro atoms. The molecule has 2 rings (SSSR count). The van der Waals surface area contributed by atoms with Crippen LogP contribution in [0.25, 0.3) is 0 Å². The van der Waals surface area contributed by atoms with Crippen molar-refractivity contribution in [1.29, 1.82) is 0 Å². The van der Waals surface area contributed by atoms with Gasteiger partial charge in [-0.15, -0.1) is 0 Å². The summed E-state index contributed by atoms with van der Waals surface area (Å²) < 4.78 is 16.3. The second-order valence-electron chi connectivity index (χ2n) is 6.96. The monoisotopic (exact) mass is 352 g/mol. The number of carbonyl (C=O) groups excluding carboxylic acids is 3. The van der Waals surface area contributed by atoms with Crippen LogP contribution in [-0.4, -0.2) is 43.1 Å². The highest BCUT2D eigenvalue weighted by molar-refractivity contribution is 5.89. The summed E-state index contributed by atoms with van der Waals surface area (Å²) in [5.74, 6) is -0.797. The zero-order valence-electron chi connectivity index (χ0n) is 15.3. The number of rotatable bonds is 9. The number of fused-ring (bicyclic) bond motifs is 1. The Bertz CT molecular complexity index is 540. The minimum Gasteiger partial charge on any atom is -0.463 e. The van der Waals surface area contributed by atoms with Crippen LogP contribution in [0.3, 0.4) is 0 Å². The van der Waals surface area contributed by atoms with Crippen molar-refractivity contribution in [3.8, 4) is 0 Å². The van der Waals surface area contributed by atoms with Gasteiger partial charge in [-0.05, 0) is 12.5 Å². The Hall–Kier alpha value is -1.69. The SMILES string of the molecule is CCCCCC(=O)/C=C/[C@H]1[C@H]2CC(=O)O[C@H]2C[C@]1(COC(C)=O)OC. The first-order valence-corrected chi connectivity index (χ1v) is 9.01. The van der Waals surface area contributed by atoms with Gasteiger partial charge in [-0.1, -0.05) is 25.8 Å². The minimum absolute atomic E-state index is 0.0531. The second kappa shape index (κ2) is 8.61. The normalized spacial score (nSPS) is 31.2. The molecular weight excluding hydrogens is 324 g/mol. The molecule has 0 aromatic carbocycles. The average Bonchev–Trinajstić information content (AvgIpc) is 3.05. The Balaban J connectivity index is 2.13. The van der Waals surface area contributed by atoms with Crippen molar-refractivity contribution < 1.29 is 28.6 Å². The first kappa shape index (κ1) is 19.6. The molecule has 1 aliphatic carbocycles. The van der Waals surface area contributed by atoms with Crippen LogP contribution in [0, 0.1) is 11.8 Å². The summed E-state index contributed by atoms with van der Waals surface area (Å²) >= 11 is 0. The zero-order chi connectivity index (χ0) is 18.4. The van der Waals surface area contributed by atoms with Crippen molar-refractivity contribution in [3.05, 3.63) is 12.2 Å². The van der Waals surface area contributed by atoms with E-state index in [1.807, 2.05) is 6.08 Å². The molecule has 140 valence electrons. The van der Waals surface area contributed by atoms with E-state index in [1.54, 1.807) is 13.2 Å². The van der Waals surface area contributed by atoms with Crippen molar-refractivity contribution in [3.63, 3.8) is 0 Å². The van der Waals surface area contributed by atoms with Crippen LogP contribution in [0.1, 0.15) is 52.4 Å². The third kappa shape index (κ3) is 4.69. The average molecular weight is 352 g/mol. The van der Waals surface area contributed by atoms with Gasteiger partial charge in [-0.25, -0.2) is 0 Å². The lowest BCUT2D eigenvalue weighted by molar-refractivity contribution is -0.157. The molecule has 1 aliphatic heterocycles. The van der Waals surface area contributed by atoms with Crippen LogP contribution in [-0.2, 0) is 28.6 Å². The lowest BCUT2D eigenvalue weighted by Gasteiger charge is -2.33. The topological polar surface area (TPSA) is 78.9 Å². The predicted molar refractivity (Wildman–Crippen MR) is 90.8 cm³/mol. The Morgan fingerprint density at radius 1 is 1.36 bits per heavy atom. The van der Waals surface area contributed by atoms with Gasteiger partial charge >= 0.3 is 11.9 Å². The van der Waals surface area contributed by atoms with Gasteiger partial charge in [-0.3, -0.25) is 14.4 Å². The molecule has 25 heavy (non-hydrogen) atoms. The Morgan fingerprint density at radius 3 is 2.76 bits per heavy atom. The minimum atomic E-state index is -0.762. The van der Waals surface area contributed by atoms with Gasteiger partial charge in [0.1, 0.15) is 18.3 Å². The molecule has 0 bridgehead atoms. The quantitative estimate of drug-likeness (QED) is 0.360. The lowest BCUT2D eigenvalue weighted by Crippen LogP contribution is -2.42. The highest BCUT2D eigenvalue weighted by atomic mass is 16.6. The Morgan fingerprint density at radius 2 is 2.12 bits per heavy atom. The first-order chi connectivity index (χ1) is 11.9. The molecule has 0 N–H and O–H groups in total. The number of allylic oxidation sites excluding steroid dienone is 1. The maximum atomic E-state index is 12.1. The second-order valence-corrected chi connectivity index (χ2v) is 6.96. The number of methoxy groups -OCH3 is 1. The number of unbranched alkanes of at least 4 members (excludes halogenated alkanes) is 2. The summed E-state index contributed by atoms with van der Waals surface area (Å²) in [7, 11) is 1.57. The predicted octanol–water partition coefficient (Wildman–Crippen LogP) is 2.59. The summed E-state index contributed by atoms with van der Waals surface area (Å²) in [5.41, 5.74) is -0.762. The largest absolute Gasteiger partial charge is 0.463 e. The fourth-order valence-corrected chi connectivity index (χ4v) is 3.87. The third-order valence-corrected chi connectivity index (χ3v) is 5.22. The highest BCUT2D eigenvalue weighted by Crippen LogP contribution is 2.49. The van der Waals surface area contributed by atoms with Crippen molar-refractivity contribution >= 4 is 17.7 Å². The van der Waals surface area contributed by atoms with Gasteiger partial charge in [0.25, 0.3) is 0 Å². The molecule has 6 nitrogen and oxygen atoms in total. The van der Waals surface area contributed by atoms with Gasteiger partial charge in [0, 0.05) is 38.7 Å². The first-order valence-electron chi connectivity index (χ1n) is 9.01. The number of esters is 2. The van der Waals surface area contributed by atoms with Gasteiger partial charge < -0.3 is 14.2 Å². The van der Waals surface area contributed by atoms with Crippen molar-refractivity contribution in [2.75, 3.05) is 13.7 Å². The smallest absolute Gasteiger partial charge is 0.306 e. The molecule has 0 unspecified atom stereocenters. The van der Waals surface area contributed by atoms with E-state index in [2.05, 4.69) is 6.92 Å². The van der Waals surface area contributed by atoms with Crippen LogP contribution in [0.5, 0.6) is 0 Å². The van der Waals surface area contributed by atoms with E-state index < -0.39 is 5.60 Å². The summed E-state index contributed by atoms with van der Waals surface area (Å²) in [6, 6.07) is 0. The maximum Gasteiger partial charge on any atom is 0.306 e. The summed E-state index contributed by atoms with van der Waals surface area (Å²) in [4.78, 5) is 35.0. The van der Waals surface area contributed by atoms with E-state index in [0.717, 1.165) is 19.3 Å². The number of ether oxygens (including phenoxy) is 3. The van der Waals surface area contributed by atoms with Crippen LogP contribution in [0.2, 0.25) is 0 Å². The van der Waals surface area contributed by atoms with E-state index in [9.17, 15) is 14.4 Å². The Kier molecular flexibility index (Phi) is 6.76. The Labute approximate surface area is 148 Å². The summed E-state index contributed by atoms with van der Waals surface area (Å²) in [6.45, 7) is 3.53. The molecule has 2 aliphatic rings. The van der Waals surface area contributed by atoms with Gasteiger partial charge in [0.15, 0.2) is 5.78 Å². The van der Waals surface area contributed by atoms with Crippen molar-refractivity contribution in [1.82, 2.24) is 0 Å². The van der Waals surface area contributed by atoms with E-state index in [-0.39, 0.29) is 42.3 Å². The standard InChI is InChI=1S/C19H28O6/c1-4-5-6-7-14(21)8-9-16-15-10-18(22)25-17(15)11-19(16,23-3)12-24-13(2)20/h8-9,15-17H,4-7,10-12H2,1-3H3/b9-8+/t15-,16+,17+,19-/m1/s1. The third-order valence-electron chi connectivity index (χ3n) is 5.22. The van der Waals surface area contributed by atoms with Gasteiger partial charge in [0.2, 0.25) is 0 Å². The van der Waals surface area contributed by atoms with E-state index >= 15 is 0 Å². The molecule has 4 atom stereocenters. The molecule has 6 heteroatoms. The number of hydrogen-bond acceptors (Lipinski definition) is 6.